The summed E-state index contributed by atoms with van der Waals surface area (Å²) >= 11 is 3.83. The third-order valence-corrected chi connectivity index (χ3v) is 7.40. The van der Waals surface area contributed by atoms with Crippen LogP contribution in [-0.2, 0) is 20.7 Å². The normalized spacial score (nSPS) is 18.3. The van der Waals surface area contributed by atoms with E-state index in [1.807, 2.05) is 57.2 Å². The number of benzene rings is 2. The van der Waals surface area contributed by atoms with Crippen molar-refractivity contribution in [3.05, 3.63) is 81.4 Å². The molecule has 1 fully saturated rings. The fraction of sp³-hybridized carbons (Fsp3) is 0.419. The van der Waals surface area contributed by atoms with Crippen molar-refractivity contribution in [1.29, 1.82) is 0 Å². The van der Waals surface area contributed by atoms with E-state index in [0.29, 0.717) is 12.1 Å². The van der Waals surface area contributed by atoms with Gasteiger partial charge in [0, 0.05) is 30.2 Å². The summed E-state index contributed by atoms with van der Waals surface area (Å²) < 4.78 is 17.7. The van der Waals surface area contributed by atoms with Gasteiger partial charge in [0.15, 0.2) is 0 Å². The molecule has 0 N–H and O–H groups in total. The molecular weight excluding hydrogens is 546 g/mol. The molecule has 1 aliphatic heterocycles. The van der Waals surface area contributed by atoms with Gasteiger partial charge < -0.3 is 14.2 Å². The molecule has 38 heavy (non-hydrogen) atoms. The number of hydrogen-bond acceptors (Lipinski definition) is 6. The Hall–Kier alpha value is -2.90. The van der Waals surface area contributed by atoms with Crippen LogP contribution in [0.15, 0.2) is 59.1 Å². The number of ether oxygens (including phenoxy) is 3. The lowest BCUT2D eigenvalue weighted by atomic mass is 9.92. The molecule has 1 aliphatic carbocycles. The number of rotatable bonds is 7. The van der Waals surface area contributed by atoms with Crippen LogP contribution in [0.4, 0.5) is 0 Å². The van der Waals surface area contributed by atoms with E-state index in [4.69, 9.17) is 14.2 Å². The van der Waals surface area contributed by atoms with Gasteiger partial charge in [-0.3, -0.25) is 4.90 Å². The van der Waals surface area contributed by atoms with E-state index in [2.05, 4.69) is 33.0 Å². The number of esters is 2. The first kappa shape index (κ1) is 28.1. The maximum atomic E-state index is 12.0. The number of halogens is 1. The van der Waals surface area contributed by atoms with E-state index in [0.717, 1.165) is 66.8 Å². The summed E-state index contributed by atoms with van der Waals surface area (Å²) in [5, 5.41) is 0. The Bertz CT molecular complexity index is 1230. The molecule has 6 nitrogen and oxygen atoms in total. The Morgan fingerprint density at radius 3 is 2.58 bits per heavy atom. The maximum absolute atomic E-state index is 12.0. The second-order valence-electron chi connectivity index (χ2n) is 10.7. The van der Waals surface area contributed by atoms with Gasteiger partial charge in [0.2, 0.25) is 0 Å². The van der Waals surface area contributed by atoms with E-state index in [1.54, 1.807) is 0 Å². The summed E-state index contributed by atoms with van der Waals surface area (Å²) in [6.07, 6.45) is 7.27. The van der Waals surface area contributed by atoms with Crippen molar-refractivity contribution in [3.63, 3.8) is 0 Å². The average Bonchev–Trinajstić information content (AvgIpc) is 3.23. The minimum absolute atomic E-state index is 0.108. The fourth-order valence-corrected chi connectivity index (χ4v) is 5.61. The van der Waals surface area contributed by atoms with Gasteiger partial charge in [-0.2, -0.15) is 0 Å². The zero-order valence-corrected chi connectivity index (χ0v) is 24.2. The van der Waals surface area contributed by atoms with Crippen LogP contribution in [0.1, 0.15) is 67.1 Å². The molecular formula is C31H36BrNO5. The minimum Gasteiger partial charge on any atom is -0.489 e. The standard InChI is InChI=1S/C31H36BrNO5/c1-31(2,3)38-28(34)9-6-17-33-18-16-25(20-33)37-24-13-10-21(11-14-24)29-26-15-12-23(30(35)36-4)19-22(26)7-5-8-27(29)32/h6,9-15,19,25H,5,7-8,16-18,20H2,1-4H3/b9-6+/t25-/m0/s1. The van der Waals surface area contributed by atoms with Crippen LogP contribution in [0.25, 0.3) is 5.57 Å². The zero-order chi connectivity index (χ0) is 27.3. The number of hydrogen-bond donors (Lipinski definition) is 0. The fourth-order valence-electron chi connectivity index (χ4n) is 4.89. The number of carbonyl (C=O) groups excluding carboxylic acids is 2. The summed E-state index contributed by atoms with van der Waals surface area (Å²) in [5.74, 6) is 0.218. The third kappa shape index (κ3) is 7.35. The number of nitrogens with zero attached hydrogens (tertiary/aromatic N) is 1. The predicted molar refractivity (Wildman–Crippen MR) is 153 cm³/mol. The molecule has 0 unspecified atom stereocenters. The molecule has 2 aromatic carbocycles. The van der Waals surface area contributed by atoms with Gasteiger partial charge in [0.05, 0.1) is 12.7 Å². The molecule has 2 aliphatic rings. The number of carbonyl (C=O) groups is 2. The van der Waals surface area contributed by atoms with Crippen molar-refractivity contribution in [1.82, 2.24) is 4.90 Å². The lowest BCUT2D eigenvalue weighted by Gasteiger charge is -2.18. The first-order valence-electron chi connectivity index (χ1n) is 13.1. The van der Waals surface area contributed by atoms with Gasteiger partial charge in [-0.05, 0) is 93.0 Å². The van der Waals surface area contributed by atoms with Crippen LogP contribution < -0.4 is 4.74 Å². The van der Waals surface area contributed by atoms with Gasteiger partial charge in [-0.25, -0.2) is 9.59 Å². The number of likely N-dealkylation sites (tertiary alicyclic amines) is 1. The molecule has 1 saturated heterocycles. The van der Waals surface area contributed by atoms with Gasteiger partial charge >= 0.3 is 11.9 Å². The Balaban J connectivity index is 1.38. The molecule has 2 aromatic rings. The van der Waals surface area contributed by atoms with E-state index in [1.165, 1.54) is 17.7 Å². The maximum Gasteiger partial charge on any atom is 0.337 e. The first-order chi connectivity index (χ1) is 18.1. The monoisotopic (exact) mass is 581 g/mol. The van der Waals surface area contributed by atoms with Crippen molar-refractivity contribution in [2.75, 3.05) is 26.7 Å². The third-order valence-electron chi connectivity index (χ3n) is 6.61. The lowest BCUT2D eigenvalue weighted by Crippen LogP contribution is -2.25. The molecule has 1 heterocycles. The van der Waals surface area contributed by atoms with E-state index < -0.39 is 5.60 Å². The first-order valence-corrected chi connectivity index (χ1v) is 13.9. The lowest BCUT2D eigenvalue weighted by molar-refractivity contribution is -0.148. The summed E-state index contributed by atoms with van der Waals surface area (Å²) in [6, 6.07) is 14.1. The zero-order valence-electron chi connectivity index (χ0n) is 22.6. The summed E-state index contributed by atoms with van der Waals surface area (Å²) in [4.78, 5) is 26.2. The molecule has 0 saturated carbocycles. The Labute approximate surface area is 233 Å². The molecule has 0 bridgehead atoms. The van der Waals surface area contributed by atoms with Crippen LogP contribution in [0, 0.1) is 0 Å². The Morgan fingerprint density at radius 2 is 1.87 bits per heavy atom. The number of fused-ring (bicyclic) bond motifs is 1. The average molecular weight is 583 g/mol. The van der Waals surface area contributed by atoms with Crippen LogP contribution in [0.3, 0.4) is 0 Å². The molecule has 0 radical (unpaired) electrons. The topological polar surface area (TPSA) is 65.1 Å². The Morgan fingerprint density at radius 1 is 1.11 bits per heavy atom. The van der Waals surface area contributed by atoms with Gasteiger partial charge in [-0.1, -0.05) is 40.2 Å². The highest BCUT2D eigenvalue weighted by Gasteiger charge is 2.24. The molecule has 0 spiro atoms. The highest BCUT2D eigenvalue weighted by Crippen LogP contribution is 2.38. The van der Waals surface area contributed by atoms with Crippen molar-refractivity contribution >= 4 is 33.4 Å². The van der Waals surface area contributed by atoms with Crippen LogP contribution in [-0.4, -0.2) is 55.3 Å². The van der Waals surface area contributed by atoms with E-state index in [9.17, 15) is 9.59 Å². The van der Waals surface area contributed by atoms with Crippen molar-refractivity contribution < 1.29 is 23.8 Å². The largest absolute Gasteiger partial charge is 0.489 e. The smallest absolute Gasteiger partial charge is 0.337 e. The highest BCUT2D eigenvalue weighted by molar-refractivity contribution is 9.11. The highest BCUT2D eigenvalue weighted by atomic mass is 79.9. The molecule has 7 heteroatoms. The van der Waals surface area contributed by atoms with Gasteiger partial charge in [-0.15, -0.1) is 0 Å². The molecule has 4 rings (SSSR count). The minimum atomic E-state index is -0.482. The van der Waals surface area contributed by atoms with E-state index >= 15 is 0 Å². The number of aryl methyl sites for hydroxylation is 1. The number of methoxy groups -OCH3 is 1. The SMILES string of the molecule is COC(=O)c1ccc2c(c1)CCCC(Br)=C2c1ccc(O[C@H]2CCN(C/C=C/C(=O)OC(C)(C)C)C2)cc1. The predicted octanol–water partition coefficient (Wildman–Crippen LogP) is 6.31. The van der Waals surface area contributed by atoms with Crippen LogP contribution in [0.2, 0.25) is 0 Å². The van der Waals surface area contributed by atoms with E-state index in [-0.39, 0.29) is 18.0 Å². The second-order valence-corrected chi connectivity index (χ2v) is 11.7. The van der Waals surface area contributed by atoms with Crippen LogP contribution in [0.5, 0.6) is 5.75 Å². The summed E-state index contributed by atoms with van der Waals surface area (Å²) in [5.41, 5.74) is 4.66. The van der Waals surface area contributed by atoms with Gasteiger partial charge in [0.25, 0.3) is 0 Å². The van der Waals surface area contributed by atoms with Gasteiger partial charge in [0.1, 0.15) is 17.5 Å². The molecule has 202 valence electrons. The van der Waals surface area contributed by atoms with Crippen molar-refractivity contribution in [3.8, 4) is 5.75 Å². The van der Waals surface area contributed by atoms with Crippen molar-refractivity contribution in [2.45, 2.75) is 58.2 Å². The molecule has 0 amide bonds. The molecule has 1 atom stereocenters. The summed E-state index contributed by atoms with van der Waals surface area (Å²) in [6.45, 7) is 8.01. The van der Waals surface area contributed by atoms with Crippen molar-refractivity contribution in [2.24, 2.45) is 0 Å². The van der Waals surface area contributed by atoms with Crippen LogP contribution >= 0.6 is 15.9 Å². The second kappa shape index (κ2) is 12.3. The quantitative estimate of drug-likeness (QED) is 0.282. The summed E-state index contributed by atoms with van der Waals surface area (Å²) in [7, 11) is 1.41. The Kier molecular flexibility index (Phi) is 9.11. The number of allylic oxidation sites excluding steroid dienone is 1. The molecule has 0 aromatic heterocycles.